The maximum absolute atomic E-state index is 13.7. The van der Waals surface area contributed by atoms with Gasteiger partial charge in [-0.2, -0.15) is 4.98 Å². The third-order valence-electron chi connectivity index (χ3n) is 3.71. The number of halogens is 2. The second-order valence-electron chi connectivity index (χ2n) is 5.64. The van der Waals surface area contributed by atoms with E-state index in [0.29, 0.717) is 44.7 Å². The lowest BCUT2D eigenvalue weighted by Crippen LogP contribution is -1.86. The van der Waals surface area contributed by atoms with Crippen LogP contribution in [-0.2, 0) is 5.75 Å². The smallest absolute Gasteiger partial charge is 0.277 e. The summed E-state index contributed by atoms with van der Waals surface area (Å²) in [6.45, 7) is 1.69. The Hall–Kier alpha value is -2.71. The predicted octanol–water partition coefficient (Wildman–Crippen LogP) is 5.18. The number of aromatic nitrogens is 4. The normalized spacial score (nSPS) is 11.1. The van der Waals surface area contributed by atoms with Gasteiger partial charge in [-0.25, -0.2) is 4.39 Å². The van der Waals surface area contributed by atoms with E-state index in [1.165, 1.54) is 17.8 Å². The third-order valence-corrected chi connectivity index (χ3v) is 4.77. The van der Waals surface area contributed by atoms with Gasteiger partial charge >= 0.3 is 0 Å². The molecule has 0 spiro atoms. The molecule has 0 aliphatic rings. The largest absolute Gasteiger partial charge is 0.411 e. The number of rotatable bonds is 5. The molecule has 0 atom stereocenters. The summed E-state index contributed by atoms with van der Waals surface area (Å²) in [6.07, 6.45) is 0. The van der Waals surface area contributed by atoms with Gasteiger partial charge in [0, 0.05) is 16.1 Å². The van der Waals surface area contributed by atoms with Crippen LogP contribution in [0.1, 0.15) is 11.5 Å². The zero-order valence-electron chi connectivity index (χ0n) is 14.0. The van der Waals surface area contributed by atoms with Gasteiger partial charge in [0.05, 0.1) is 5.75 Å². The zero-order valence-corrected chi connectivity index (χ0v) is 15.6. The second-order valence-corrected chi connectivity index (χ2v) is 7.01. The molecule has 0 saturated heterocycles. The summed E-state index contributed by atoms with van der Waals surface area (Å²) < 4.78 is 24.5. The van der Waals surface area contributed by atoms with Crippen LogP contribution in [0.3, 0.4) is 0 Å². The van der Waals surface area contributed by atoms with Crippen molar-refractivity contribution in [3.63, 3.8) is 0 Å². The molecule has 136 valence electrons. The van der Waals surface area contributed by atoms with E-state index in [9.17, 15) is 4.39 Å². The molecule has 0 saturated carbocycles. The van der Waals surface area contributed by atoms with Gasteiger partial charge in [-0.1, -0.05) is 40.7 Å². The molecule has 2 aromatic heterocycles. The minimum atomic E-state index is -0.311. The molecule has 0 fully saturated rings. The van der Waals surface area contributed by atoms with Gasteiger partial charge in [0.2, 0.25) is 17.6 Å². The Labute approximate surface area is 162 Å². The summed E-state index contributed by atoms with van der Waals surface area (Å²) >= 11 is 7.14. The number of thioether (sulfide) groups is 1. The number of aryl methyl sites for hydroxylation is 1. The lowest BCUT2D eigenvalue weighted by atomic mass is 10.1. The fourth-order valence-corrected chi connectivity index (χ4v) is 2.99. The average Bonchev–Trinajstić information content (AvgIpc) is 3.32. The fourth-order valence-electron chi connectivity index (χ4n) is 2.26. The summed E-state index contributed by atoms with van der Waals surface area (Å²) in [4.78, 5) is 4.27. The van der Waals surface area contributed by atoms with Gasteiger partial charge in [0.25, 0.3) is 5.22 Å². The Balaban J connectivity index is 1.43. The Morgan fingerprint density at radius 2 is 1.85 bits per heavy atom. The maximum atomic E-state index is 13.7. The molecular weight excluding hydrogens is 391 g/mol. The number of hydrogen-bond acceptors (Lipinski definition) is 7. The van der Waals surface area contributed by atoms with Crippen LogP contribution in [-0.4, -0.2) is 20.3 Å². The number of benzene rings is 2. The topological polar surface area (TPSA) is 77.8 Å². The molecule has 0 unspecified atom stereocenters. The lowest BCUT2D eigenvalue weighted by Gasteiger charge is -1.97. The van der Waals surface area contributed by atoms with Crippen molar-refractivity contribution in [3.05, 3.63) is 64.8 Å². The molecule has 0 bridgehead atoms. The third kappa shape index (κ3) is 4.01. The van der Waals surface area contributed by atoms with Gasteiger partial charge in [0.1, 0.15) is 5.82 Å². The maximum Gasteiger partial charge on any atom is 0.277 e. The van der Waals surface area contributed by atoms with E-state index in [4.69, 9.17) is 20.5 Å². The molecule has 2 aromatic carbocycles. The molecule has 0 radical (unpaired) electrons. The van der Waals surface area contributed by atoms with Crippen LogP contribution in [0.2, 0.25) is 5.02 Å². The molecule has 27 heavy (non-hydrogen) atoms. The van der Waals surface area contributed by atoms with Crippen LogP contribution < -0.4 is 0 Å². The molecular formula is C18H12ClFN4O2S. The summed E-state index contributed by atoms with van der Waals surface area (Å²) in [6, 6.07) is 11.9. The highest BCUT2D eigenvalue weighted by Crippen LogP contribution is 2.27. The Morgan fingerprint density at radius 1 is 1.07 bits per heavy atom. The van der Waals surface area contributed by atoms with Gasteiger partial charge in [-0.3, -0.25) is 0 Å². The molecule has 4 rings (SSSR count). The van der Waals surface area contributed by atoms with Crippen molar-refractivity contribution in [1.82, 2.24) is 20.3 Å². The summed E-state index contributed by atoms with van der Waals surface area (Å²) in [7, 11) is 0. The van der Waals surface area contributed by atoms with Crippen LogP contribution >= 0.6 is 23.4 Å². The molecule has 0 amide bonds. The zero-order chi connectivity index (χ0) is 18.8. The molecule has 2 heterocycles. The Bertz CT molecular complexity index is 1080. The van der Waals surface area contributed by atoms with E-state index in [0.717, 1.165) is 5.56 Å². The average molecular weight is 403 g/mol. The van der Waals surface area contributed by atoms with E-state index in [1.807, 2.05) is 0 Å². The summed E-state index contributed by atoms with van der Waals surface area (Å²) in [5.74, 6) is 1.15. The number of hydrogen-bond donors (Lipinski definition) is 0. The first-order valence-electron chi connectivity index (χ1n) is 7.90. The van der Waals surface area contributed by atoms with Crippen molar-refractivity contribution < 1.29 is 13.3 Å². The minimum Gasteiger partial charge on any atom is -0.411 e. The second kappa shape index (κ2) is 7.50. The molecule has 4 aromatic rings. The molecule has 6 nitrogen and oxygen atoms in total. The van der Waals surface area contributed by atoms with Crippen LogP contribution in [0, 0.1) is 12.7 Å². The predicted molar refractivity (Wildman–Crippen MR) is 98.7 cm³/mol. The van der Waals surface area contributed by atoms with Gasteiger partial charge in [0.15, 0.2) is 0 Å². The fraction of sp³-hybridized carbons (Fsp3) is 0.111. The SMILES string of the molecule is Cc1ccc(-c2noc(CSc3nnc(-c4ccc(Cl)cc4)o3)n2)cc1F. The summed E-state index contributed by atoms with van der Waals surface area (Å²) in [5, 5.41) is 12.9. The highest BCUT2D eigenvalue weighted by Gasteiger charge is 2.14. The van der Waals surface area contributed by atoms with Crippen molar-refractivity contribution in [2.24, 2.45) is 0 Å². The standard InChI is InChI=1S/C18H12ClFN4O2S/c1-10-2-3-12(8-14(10)20)16-21-15(26-24-16)9-27-18-23-22-17(25-18)11-4-6-13(19)7-5-11/h2-8H,9H2,1H3. The van der Waals surface area contributed by atoms with Gasteiger partial charge in [-0.05, 0) is 42.8 Å². The first-order chi connectivity index (χ1) is 13.1. The van der Waals surface area contributed by atoms with E-state index in [1.54, 1.807) is 43.3 Å². The molecule has 0 aliphatic carbocycles. The van der Waals surface area contributed by atoms with E-state index >= 15 is 0 Å². The highest BCUT2D eigenvalue weighted by atomic mass is 35.5. The first-order valence-corrected chi connectivity index (χ1v) is 9.26. The van der Waals surface area contributed by atoms with Crippen molar-refractivity contribution in [3.8, 4) is 22.8 Å². The quantitative estimate of drug-likeness (QED) is 0.425. The number of nitrogens with zero attached hydrogens (tertiary/aromatic N) is 4. The Kier molecular flexibility index (Phi) is 4.91. The van der Waals surface area contributed by atoms with Crippen LogP contribution in [0.4, 0.5) is 4.39 Å². The molecule has 9 heteroatoms. The lowest BCUT2D eigenvalue weighted by molar-refractivity contribution is 0.391. The van der Waals surface area contributed by atoms with Crippen LogP contribution in [0.5, 0.6) is 0 Å². The molecule has 0 aliphatic heterocycles. The first kappa shape index (κ1) is 17.7. The van der Waals surface area contributed by atoms with E-state index in [-0.39, 0.29) is 5.82 Å². The Morgan fingerprint density at radius 3 is 2.63 bits per heavy atom. The van der Waals surface area contributed by atoms with E-state index < -0.39 is 0 Å². The highest BCUT2D eigenvalue weighted by molar-refractivity contribution is 7.98. The van der Waals surface area contributed by atoms with Gasteiger partial charge < -0.3 is 8.94 Å². The monoisotopic (exact) mass is 402 g/mol. The minimum absolute atomic E-state index is 0.311. The molecule has 0 N–H and O–H groups in total. The van der Waals surface area contributed by atoms with Crippen LogP contribution in [0.15, 0.2) is 56.6 Å². The van der Waals surface area contributed by atoms with Crippen molar-refractivity contribution in [1.29, 1.82) is 0 Å². The van der Waals surface area contributed by atoms with Gasteiger partial charge in [-0.15, -0.1) is 10.2 Å². The van der Waals surface area contributed by atoms with Crippen molar-refractivity contribution in [2.75, 3.05) is 0 Å². The van der Waals surface area contributed by atoms with Crippen molar-refractivity contribution >= 4 is 23.4 Å². The van der Waals surface area contributed by atoms with E-state index in [2.05, 4.69) is 20.3 Å². The van der Waals surface area contributed by atoms with Crippen LogP contribution in [0.25, 0.3) is 22.8 Å². The summed E-state index contributed by atoms with van der Waals surface area (Å²) in [5.41, 5.74) is 1.90. The van der Waals surface area contributed by atoms with Crippen molar-refractivity contribution in [2.45, 2.75) is 17.9 Å².